The van der Waals surface area contributed by atoms with Gasteiger partial charge in [0.25, 0.3) is 0 Å². The molecule has 0 spiro atoms. The third-order valence-electron chi connectivity index (χ3n) is 2.46. The molecule has 2 aromatic rings. The predicted octanol–water partition coefficient (Wildman–Crippen LogP) is 4.14. The molecule has 0 aliphatic rings. The molecule has 0 radical (unpaired) electrons. The van der Waals surface area contributed by atoms with Crippen molar-refractivity contribution in [2.24, 2.45) is 0 Å². The Balaban J connectivity index is 2.20. The molecule has 2 aromatic carbocycles. The molecule has 0 bridgehead atoms. The zero-order valence-electron chi connectivity index (χ0n) is 9.76. The van der Waals surface area contributed by atoms with E-state index in [4.69, 9.17) is 0 Å². The third-order valence-corrected chi connectivity index (χ3v) is 3.32. The standard InChI is InChI=1S/C16H14S/c1-17-16(15-10-6-3-7-11-15)13-12-14-8-4-2-5-9-14/h2-11,16H,1H3. The van der Waals surface area contributed by atoms with Gasteiger partial charge in [-0.1, -0.05) is 60.4 Å². The average Bonchev–Trinajstić information content (AvgIpc) is 2.42. The van der Waals surface area contributed by atoms with Crippen LogP contribution in [0.5, 0.6) is 0 Å². The second-order valence-electron chi connectivity index (χ2n) is 3.66. The van der Waals surface area contributed by atoms with Crippen LogP contribution in [-0.4, -0.2) is 6.26 Å². The van der Waals surface area contributed by atoms with Gasteiger partial charge in [-0.25, -0.2) is 0 Å². The molecule has 0 saturated carbocycles. The highest BCUT2D eigenvalue weighted by Crippen LogP contribution is 2.25. The van der Waals surface area contributed by atoms with Gasteiger partial charge in [-0.05, 0) is 24.0 Å². The molecule has 1 unspecified atom stereocenters. The average molecular weight is 238 g/mol. The maximum Gasteiger partial charge on any atom is 0.0906 e. The lowest BCUT2D eigenvalue weighted by atomic mass is 10.1. The van der Waals surface area contributed by atoms with E-state index in [-0.39, 0.29) is 5.25 Å². The van der Waals surface area contributed by atoms with Crippen molar-refractivity contribution in [3.8, 4) is 11.8 Å². The van der Waals surface area contributed by atoms with E-state index < -0.39 is 0 Å². The van der Waals surface area contributed by atoms with Crippen LogP contribution >= 0.6 is 11.8 Å². The highest BCUT2D eigenvalue weighted by molar-refractivity contribution is 7.99. The lowest BCUT2D eigenvalue weighted by Crippen LogP contribution is -1.89. The van der Waals surface area contributed by atoms with E-state index in [9.17, 15) is 0 Å². The van der Waals surface area contributed by atoms with Crippen LogP contribution in [0.2, 0.25) is 0 Å². The predicted molar refractivity (Wildman–Crippen MR) is 76.0 cm³/mol. The quantitative estimate of drug-likeness (QED) is 0.708. The number of thioether (sulfide) groups is 1. The molecular formula is C16H14S. The first kappa shape index (κ1) is 11.8. The Morgan fingerprint density at radius 1 is 0.882 bits per heavy atom. The molecule has 84 valence electrons. The first-order valence-corrected chi connectivity index (χ1v) is 6.83. The third kappa shape index (κ3) is 3.41. The Labute approximate surface area is 107 Å². The van der Waals surface area contributed by atoms with Gasteiger partial charge < -0.3 is 0 Å². The highest BCUT2D eigenvalue weighted by atomic mass is 32.2. The summed E-state index contributed by atoms with van der Waals surface area (Å²) in [6.07, 6.45) is 2.09. The Morgan fingerprint density at radius 3 is 2.06 bits per heavy atom. The van der Waals surface area contributed by atoms with Crippen LogP contribution in [0.3, 0.4) is 0 Å². The number of rotatable bonds is 2. The molecular weight excluding hydrogens is 224 g/mol. The van der Waals surface area contributed by atoms with E-state index in [1.165, 1.54) is 5.56 Å². The maximum atomic E-state index is 3.31. The monoisotopic (exact) mass is 238 g/mol. The van der Waals surface area contributed by atoms with E-state index in [0.29, 0.717) is 0 Å². The first-order valence-electron chi connectivity index (χ1n) is 5.54. The SMILES string of the molecule is CSC(C#Cc1ccccc1)c1ccccc1. The normalized spacial score (nSPS) is 11.4. The lowest BCUT2D eigenvalue weighted by molar-refractivity contribution is 1.28. The maximum absolute atomic E-state index is 3.31. The molecule has 0 nitrogen and oxygen atoms in total. The van der Waals surface area contributed by atoms with E-state index in [1.54, 1.807) is 11.8 Å². The van der Waals surface area contributed by atoms with Crippen molar-refractivity contribution in [2.45, 2.75) is 5.25 Å². The summed E-state index contributed by atoms with van der Waals surface area (Å²) in [5, 5.41) is 0.247. The number of hydrogen-bond donors (Lipinski definition) is 0. The second kappa shape index (κ2) is 6.18. The van der Waals surface area contributed by atoms with Gasteiger partial charge in [-0.15, -0.1) is 11.8 Å². The van der Waals surface area contributed by atoms with Crippen molar-refractivity contribution >= 4 is 11.8 Å². The Morgan fingerprint density at radius 2 is 1.47 bits per heavy atom. The largest absolute Gasteiger partial charge is 0.144 e. The van der Waals surface area contributed by atoms with Gasteiger partial charge in [0, 0.05) is 5.56 Å². The molecule has 17 heavy (non-hydrogen) atoms. The van der Waals surface area contributed by atoms with Gasteiger partial charge in [0.05, 0.1) is 5.25 Å². The molecule has 0 heterocycles. The van der Waals surface area contributed by atoms with Crippen molar-refractivity contribution < 1.29 is 0 Å². The molecule has 0 aliphatic heterocycles. The topological polar surface area (TPSA) is 0 Å². The van der Waals surface area contributed by atoms with Crippen molar-refractivity contribution in [3.05, 3.63) is 71.8 Å². The summed E-state index contributed by atoms with van der Waals surface area (Å²) in [5.41, 5.74) is 2.34. The minimum atomic E-state index is 0.247. The van der Waals surface area contributed by atoms with Crippen molar-refractivity contribution in [1.82, 2.24) is 0 Å². The molecule has 0 amide bonds. The van der Waals surface area contributed by atoms with Crippen LogP contribution in [0.15, 0.2) is 60.7 Å². The fraction of sp³-hybridized carbons (Fsp3) is 0.125. The summed E-state index contributed by atoms with van der Waals surface area (Å²) < 4.78 is 0. The van der Waals surface area contributed by atoms with Crippen LogP contribution in [-0.2, 0) is 0 Å². The van der Waals surface area contributed by atoms with Gasteiger partial charge in [-0.3, -0.25) is 0 Å². The summed E-state index contributed by atoms with van der Waals surface area (Å²) in [6.45, 7) is 0. The van der Waals surface area contributed by atoms with Gasteiger partial charge >= 0.3 is 0 Å². The van der Waals surface area contributed by atoms with Gasteiger partial charge in [0.15, 0.2) is 0 Å². The van der Waals surface area contributed by atoms with Gasteiger partial charge in [0.2, 0.25) is 0 Å². The van der Waals surface area contributed by atoms with Crippen molar-refractivity contribution in [2.75, 3.05) is 6.26 Å². The van der Waals surface area contributed by atoms with E-state index in [0.717, 1.165) is 5.56 Å². The number of hydrogen-bond acceptors (Lipinski definition) is 1. The Bertz CT molecular complexity index is 505. The number of benzene rings is 2. The first-order chi connectivity index (χ1) is 8.40. The lowest BCUT2D eigenvalue weighted by Gasteiger charge is -2.06. The zero-order chi connectivity index (χ0) is 11.9. The molecule has 1 heteroatoms. The van der Waals surface area contributed by atoms with E-state index >= 15 is 0 Å². The molecule has 0 saturated heterocycles. The highest BCUT2D eigenvalue weighted by Gasteiger charge is 2.04. The fourth-order valence-corrected chi connectivity index (χ4v) is 2.18. The van der Waals surface area contributed by atoms with Gasteiger partial charge in [0.1, 0.15) is 0 Å². The van der Waals surface area contributed by atoms with Crippen LogP contribution < -0.4 is 0 Å². The fourth-order valence-electron chi connectivity index (χ4n) is 1.58. The minimum absolute atomic E-state index is 0.247. The summed E-state index contributed by atoms with van der Waals surface area (Å²) in [5.74, 6) is 6.54. The summed E-state index contributed by atoms with van der Waals surface area (Å²) in [4.78, 5) is 0. The molecule has 0 fully saturated rings. The summed E-state index contributed by atoms with van der Waals surface area (Å²) in [7, 11) is 0. The van der Waals surface area contributed by atoms with Crippen LogP contribution in [0.1, 0.15) is 16.4 Å². The summed E-state index contributed by atoms with van der Waals surface area (Å²) in [6, 6.07) is 20.5. The molecule has 0 aliphatic carbocycles. The summed E-state index contributed by atoms with van der Waals surface area (Å²) >= 11 is 1.77. The van der Waals surface area contributed by atoms with Crippen LogP contribution in [0.25, 0.3) is 0 Å². The van der Waals surface area contributed by atoms with E-state index in [2.05, 4.69) is 42.4 Å². The van der Waals surface area contributed by atoms with Crippen LogP contribution in [0, 0.1) is 11.8 Å². The molecule has 0 N–H and O–H groups in total. The Hall–Kier alpha value is -1.65. The zero-order valence-corrected chi connectivity index (χ0v) is 10.6. The second-order valence-corrected chi connectivity index (χ2v) is 4.60. The molecule has 1 atom stereocenters. The van der Waals surface area contributed by atoms with Crippen molar-refractivity contribution in [1.29, 1.82) is 0 Å². The van der Waals surface area contributed by atoms with E-state index in [1.807, 2.05) is 36.4 Å². The molecule has 0 aromatic heterocycles. The van der Waals surface area contributed by atoms with Gasteiger partial charge in [-0.2, -0.15) is 0 Å². The molecule has 2 rings (SSSR count). The Kier molecular flexibility index (Phi) is 4.30. The minimum Gasteiger partial charge on any atom is -0.144 e. The smallest absolute Gasteiger partial charge is 0.0906 e. The van der Waals surface area contributed by atoms with Crippen LogP contribution in [0.4, 0.5) is 0 Å². The van der Waals surface area contributed by atoms with Crippen molar-refractivity contribution in [3.63, 3.8) is 0 Å².